The molecule has 0 aromatic carbocycles. The molecule has 0 radical (unpaired) electrons. The minimum atomic E-state index is -2.05. The molecule has 0 saturated carbocycles. The van der Waals surface area contributed by atoms with Crippen LogP contribution in [0.2, 0.25) is 15.8 Å². The predicted octanol–water partition coefficient (Wildman–Crippen LogP) is 6.73. The predicted molar refractivity (Wildman–Crippen MR) is 108 cm³/mol. The van der Waals surface area contributed by atoms with Gasteiger partial charge in [0.25, 0.3) is 0 Å². The first kappa shape index (κ1) is 22.3. The molecule has 1 aromatic rings. The Hall–Kier alpha value is -0.707. The monoisotopic (exact) mass is 412 g/mol. The molecule has 0 N–H and O–H groups in total. The number of carbonyl (C=O) groups is 1. The summed E-state index contributed by atoms with van der Waals surface area (Å²) in [5.74, 6) is 1.64. The van der Waals surface area contributed by atoms with Gasteiger partial charge in [0.15, 0.2) is 0 Å². The third kappa shape index (κ3) is 5.38. The van der Waals surface area contributed by atoms with E-state index in [1.807, 2.05) is 19.9 Å². The van der Waals surface area contributed by atoms with Gasteiger partial charge in [-0.25, -0.2) is 0 Å². The molecule has 0 bridgehead atoms. The van der Waals surface area contributed by atoms with E-state index in [1.165, 1.54) is 41.4 Å². The Bertz CT molecular complexity index is 509. The molecule has 0 aliphatic heterocycles. The summed E-state index contributed by atoms with van der Waals surface area (Å²) >= 11 is -2.05. The number of hydrogen-bond acceptors (Lipinski definition) is 3. The number of esters is 1. The molecule has 0 amide bonds. The number of rotatable bonds is 12. The van der Waals surface area contributed by atoms with Gasteiger partial charge in [0.1, 0.15) is 0 Å². The summed E-state index contributed by atoms with van der Waals surface area (Å²) in [6, 6.07) is 2.02. The van der Waals surface area contributed by atoms with Crippen molar-refractivity contribution >= 4 is 19.2 Å². The van der Waals surface area contributed by atoms with Crippen LogP contribution in [0.5, 0.6) is 0 Å². The Labute approximate surface area is 157 Å². The maximum absolute atomic E-state index is 12.3. The van der Waals surface area contributed by atoms with Gasteiger partial charge in [-0.1, -0.05) is 0 Å². The number of hydrogen-bond donors (Lipinski definition) is 0. The number of unbranched alkanes of at least 4 members (excludes halogenated alkanes) is 2. The van der Waals surface area contributed by atoms with E-state index < -0.39 is 13.3 Å². The van der Waals surface area contributed by atoms with Gasteiger partial charge in [0.05, 0.1) is 0 Å². The number of aryl methyl sites for hydroxylation is 1. The van der Waals surface area contributed by atoms with Crippen molar-refractivity contribution in [2.24, 2.45) is 0 Å². The summed E-state index contributed by atoms with van der Waals surface area (Å²) in [4.78, 5) is 12.3. The first-order valence-corrected chi connectivity index (χ1v) is 16.0. The summed E-state index contributed by atoms with van der Waals surface area (Å²) in [5.41, 5.74) is 0.652. The zero-order valence-corrected chi connectivity index (χ0v) is 19.3. The fourth-order valence-electron chi connectivity index (χ4n) is 4.10. The van der Waals surface area contributed by atoms with Crippen LogP contribution in [0.3, 0.4) is 0 Å². The Kier molecular flexibility index (Phi) is 9.92. The molecule has 25 heavy (non-hydrogen) atoms. The topological polar surface area (TPSA) is 39.4 Å². The number of furan rings is 1. The Morgan fingerprint density at radius 2 is 1.72 bits per heavy atom. The van der Waals surface area contributed by atoms with Crippen LogP contribution < -0.4 is 0 Å². The molecule has 0 fully saturated rings. The summed E-state index contributed by atoms with van der Waals surface area (Å²) in [6.45, 7) is 13.7. The third-order valence-corrected chi connectivity index (χ3v) is 19.1. The summed E-state index contributed by atoms with van der Waals surface area (Å²) < 4.78 is 12.1. The third-order valence-electron chi connectivity index (χ3n) is 5.94. The molecule has 0 aliphatic rings. The van der Waals surface area contributed by atoms with E-state index >= 15 is 0 Å². The summed E-state index contributed by atoms with van der Waals surface area (Å²) in [5, 5.41) is 3.96. The van der Waals surface area contributed by atoms with Gasteiger partial charge in [-0.3, -0.25) is 0 Å². The first-order chi connectivity index (χ1) is 12.0. The van der Waals surface area contributed by atoms with E-state index in [-0.39, 0.29) is 5.97 Å². The van der Waals surface area contributed by atoms with Crippen LogP contribution in [0, 0.1) is 0 Å². The van der Waals surface area contributed by atoms with Crippen LogP contribution in [0.4, 0.5) is 0 Å². The summed E-state index contributed by atoms with van der Waals surface area (Å²) in [6.07, 6.45) is 5.72. The average molecular weight is 411 g/mol. The van der Waals surface area contributed by atoms with E-state index in [1.54, 1.807) is 0 Å². The standard InChI is InChI=1S/C21H38GeO3/c1-7-13-14-15-18(22(9-3,10-4)11-5)20-16-17(19(8-2)25-20)21(23)24-12-6/h16,18H,7-15H2,1-6H3. The van der Waals surface area contributed by atoms with Gasteiger partial charge in [0, 0.05) is 0 Å². The molecule has 1 heterocycles. The van der Waals surface area contributed by atoms with Crippen molar-refractivity contribution in [1.29, 1.82) is 0 Å². The second-order valence-electron chi connectivity index (χ2n) is 7.03. The van der Waals surface area contributed by atoms with E-state index in [2.05, 4.69) is 27.7 Å². The van der Waals surface area contributed by atoms with Crippen LogP contribution in [-0.4, -0.2) is 25.8 Å². The molecule has 0 aliphatic carbocycles. The Morgan fingerprint density at radius 1 is 1.08 bits per heavy atom. The van der Waals surface area contributed by atoms with Crippen molar-refractivity contribution in [2.45, 2.75) is 94.2 Å². The SMILES string of the molecule is CCCCC[CH](c1cc(C(=O)OCC)c(CC)o1)[Ge]([CH2]C)([CH2]C)[CH2]C. The fraction of sp³-hybridized carbons (Fsp3) is 0.762. The first-order valence-electron chi connectivity index (χ1n) is 10.3. The Balaban J connectivity index is 3.27. The molecule has 1 unspecified atom stereocenters. The zero-order chi connectivity index (χ0) is 18.9. The van der Waals surface area contributed by atoms with Crippen molar-refractivity contribution < 1.29 is 13.9 Å². The van der Waals surface area contributed by atoms with E-state index in [4.69, 9.17) is 9.15 Å². The van der Waals surface area contributed by atoms with Gasteiger partial charge in [-0.15, -0.1) is 0 Å². The van der Waals surface area contributed by atoms with Crippen molar-refractivity contribution in [1.82, 2.24) is 0 Å². The van der Waals surface area contributed by atoms with Gasteiger partial charge >= 0.3 is 157 Å². The van der Waals surface area contributed by atoms with Crippen molar-refractivity contribution in [2.75, 3.05) is 6.61 Å². The summed E-state index contributed by atoms with van der Waals surface area (Å²) in [7, 11) is 0. The van der Waals surface area contributed by atoms with Gasteiger partial charge in [-0.2, -0.15) is 0 Å². The molecule has 1 atom stereocenters. The van der Waals surface area contributed by atoms with Crippen molar-refractivity contribution in [3.8, 4) is 0 Å². The van der Waals surface area contributed by atoms with Crippen LogP contribution in [0.25, 0.3) is 0 Å². The number of carbonyl (C=O) groups excluding carboxylic acids is 1. The fourth-order valence-corrected chi connectivity index (χ4v) is 13.6. The van der Waals surface area contributed by atoms with E-state index in [0.717, 1.165) is 17.9 Å². The van der Waals surface area contributed by atoms with Crippen molar-refractivity contribution in [3.05, 3.63) is 23.2 Å². The molecule has 144 valence electrons. The normalized spacial score (nSPS) is 13.0. The number of ether oxygens (including phenoxy) is 1. The zero-order valence-electron chi connectivity index (χ0n) is 17.2. The van der Waals surface area contributed by atoms with Crippen LogP contribution in [-0.2, 0) is 11.2 Å². The molecule has 0 spiro atoms. The van der Waals surface area contributed by atoms with E-state index in [0.29, 0.717) is 16.9 Å². The molecular formula is C21H38GeO3. The average Bonchev–Trinajstić information content (AvgIpc) is 3.06. The Morgan fingerprint density at radius 3 is 2.20 bits per heavy atom. The van der Waals surface area contributed by atoms with Crippen molar-refractivity contribution in [3.63, 3.8) is 0 Å². The minimum absolute atomic E-state index is 0.232. The maximum atomic E-state index is 12.3. The van der Waals surface area contributed by atoms with Crippen LogP contribution in [0.1, 0.15) is 93.9 Å². The van der Waals surface area contributed by atoms with Crippen LogP contribution in [0.15, 0.2) is 10.5 Å². The van der Waals surface area contributed by atoms with Crippen LogP contribution >= 0.6 is 0 Å². The molecule has 1 rings (SSSR count). The quantitative estimate of drug-likeness (QED) is 0.218. The van der Waals surface area contributed by atoms with Gasteiger partial charge in [0.2, 0.25) is 0 Å². The molecule has 3 nitrogen and oxygen atoms in total. The molecule has 1 aromatic heterocycles. The van der Waals surface area contributed by atoms with Gasteiger partial charge in [-0.05, 0) is 0 Å². The second kappa shape index (κ2) is 11.1. The van der Waals surface area contributed by atoms with E-state index in [9.17, 15) is 4.79 Å². The molecular weight excluding hydrogens is 373 g/mol. The molecule has 4 heteroatoms. The second-order valence-corrected chi connectivity index (χ2v) is 18.7. The van der Waals surface area contributed by atoms with Gasteiger partial charge < -0.3 is 0 Å². The molecule has 0 saturated heterocycles.